The Bertz CT molecular complexity index is 650. The quantitative estimate of drug-likeness (QED) is 0.830. The molecule has 1 heterocycles. The molecule has 0 saturated heterocycles. The van der Waals surface area contributed by atoms with Crippen LogP contribution in [-0.4, -0.2) is 4.98 Å². The number of nitrogens with one attached hydrogen (secondary N) is 1. The Morgan fingerprint density at radius 1 is 1.11 bits per heavy atom. The van der Waals surface area contributed by atoms with Crippen LogP contribution in [0.1, 0.15) is 11.1 Å². The van der Waals surface area contributed by atoms with Crippen molar-refractivity contribution in [1.29, 1.82) is 10.5 Å². The Kier molecular flexibility index (Phi) is 3.08. The number of nitrogen functional groups attached to an aromatic ring is 1. The van der Waals surface area contributed by atoms with Crippen molar-refractivity contribution >= 4 is 17.2 Å². The van der Waals surface area contributed by atoms with Crippen molar-refractivity contribution < 1.29 is 0 Å². The van der Waals surface area contributed by atoms with Gasteiger partial charge in [0, 0.05) is 11.9 Å². The van der Waals surface area contributed by atoms with Gasteiger partial charge in [0.05, 0.1) is 11.3 Å². The Labute approximate surface area is 104 Å². The van der Waals surface area contributed by atoms with Crippen LogP contribution < -0.4 is 11.1 Å². The second kappa shape index (κ2) is 4.86. The van der Waals surface area contributed by atoms with Gasteiger partial charge < -0.3 is 11.1 Å². The number of rotatable bonds is 2. The van der Waals surface area contributed by atoms with Crippen molar-refractivity contribution in [3.8, 4) is 12.1 Å². The summed E-state index contributed by atoms with van der Waals surface area (Å²) in [6.45, 7) is 0. The van der Waals surface area contributed by atoms with E-state index in [2.05, 4.69) is 10.3 Å². The van der Waals surface area contributed by atoms with Crippen LogP contribution in [0.3, 0.4) is 0 Å². The maximum atomic E-state index is 9.08. The largest absolute Gasteiger partial charge is 0.383 e. The van der Waals surface area contributed by atoms with Crippen LogP contribution >= 0.6 is 0 Å². The summed E-state index contributed by atoms with van der Waals surface area (Å²) in [5.41, 5.74) is 7.25. The van der Waals surface area contributed by atoms with E-state index in [1.807, 2.05) is 42.5 Å². The van der Waals surface area contributed by atoms with Gasteiger partial charge in [0.15, 0.2) is 0 Å². The van der Waals surface area contributed by atoms with Gasteiger partial charge in [-0.3, -0.25) is 0 Å². The minimum Gasteiger partial charge on any atom is -0.383 e. The Morgan fingerprint density at radius 3 is 2.44 bits per heavy atom. The van der Waals surface area contributed by atoms with Gasteiger partial charge in [-0.15, -0.1) is 0 Å². The topological polar surface area (TPSA) is 98.5 Å². The lowest BCUT2D eigenvalue weighted by molar-refractivity contribution is 1.28. The smallest absolute Gasteiger partial charge is 0.143 e. The summed E-state index contributed by atoms with van der Waals surface area (Å²) >= 11 is 0. The molecule has 0 saturated carbocycles. The fourth-order valence-corrected chi connectivity index (χ4v) is 1.52. The van der Waals surface area contributed by atoms with Crippen LogP contribution in [-0.2, 0) is 0 Å². The third-order valence-corrected chi connectivity index (χ3v) is 2.38. The van der Waals surface area contributed by atoms with Gasteiger partial charge in [-0.05, 0) is 12.1 Å². The summed E-state index contributed by atoms with van der Waals surface area (Å²) in [4.78, 5) is 3.82. The van der Waals surface area contributed by atoms with Crippen molar-refractivity contribution in [2.75, 3.05) is 11.1 Å². The normalized spacial score (nSPS) is 9.22. The van der Waals surface area contributed by atoms with E-state index in [0.717, 1.165) is 5.69 Å². The highest BCUT2D eigenvalue weighted by Gasteiger charge is 2.13. The van der Waals surface area contributed by atoms with Crippen molar-refractivity contribution in [1.82, 2.24) is 4.98 Å². The van der Waals surface area contributed by atoms with Crippen molar-refractivity contribution in [3.63, 3.8) is 0 Å². The number of nitrogens with two attached hydrogens (primary N) is 1. The van der Waals surface area contributed by atoms with Crippen molar-refractivity contribution in [3.05, 3.63) is 47.7 Å². The number of benzene rings is 1. The van der Waals surface area contributed by atoms with Crippen molar-refractivity contribution in [2.24, 2.45) is 0 Å². The van der Waals surface area contributed by atoms with Gasteiger partial charge in [0.1, 0.15) is 23.5 Å². The number of nitriles is 2. The zero-order valence-corrected chi connectivity index (χ0v) is 9.38. The number of pyridine rings is 1. The van der Waals surface area contributed by atoms with Gasteiger partial charge in [-0.25, -0.2) is 4.98 Å². The summed E-state index contributed by atoms with van der Waals surface area (Å²) in [7, 11) is 0. The summed E-state index contributed by atoms with van der Waals surface area (Å²) in [5, 5.41) is 21.1. The van der Waals surface area contributed by atoms with Crippen LogP contribution in [0.4, 0.5) is 17.2 Å². The highest BCUT2D eigenvalue weighted by atomic mass is 14.9. The number of nitrogens with zero attached hydrogens (tertiary/aromatic N) is 3. The van der Waals surface area contributed by atoms with Crippen LogP contribution in [0, 0.1) is 22.7 Å². The molecule has 18 heavy (non-hydrogen) atoms. The maximum absolute atomic E-state index is 9.08. The lowest BCUT2D eigenvalue weighted by Gasteiger charge is -2.10. The molecule has 2 aromatic rings. The molecule has 0 aliphatic rings. The highest BCUT2D eigenvalue weighted by Crippen LogP contribution is 2.26. The van der Waals surface area contributed by atoms with E-state index in [0.29, 0.717) is 5.69 Å². The molecule has 0 unspecified atom stereocenters. The minimum absolute atomic E-state index is 0.106. The zero-order valence-electron chi connectivity index (χ0n) is 9.38. The summed E-state index contributed by atoms with van der Waals surface area (Å²) in [6, 6.07) is 13.2. The number of para-hydroxylation sites is 1. The first-order valence-electron chi connectivity index (χ1n) is 5.17. The molecule has 1 aromatic carbocycles. The van der Waals surface area contributed by atoms with Gasteiger partial charge >= 0.3 is 0 Å². The lowest BCUT2D eigenvalue weighted by Crippen LogP contribution is -2.03. The fourth-order valence-electron chi connectivity index (χ4n) is 1.52. The molecule has 1 aromatic heterocycles. The molecular formula is C13H9N5. The Hall–Kier alpha value is -3.05. The molecule has 0 fully saturated rings. The molecule has 0 amide bonds. The second-order valence-electron chi connectivity index (χ2n) is 3.52. The number of hydrogen-bond donors (Lipinski definition) is 2. The van der Waals surface area contributed by atoms with E-state index in [9.17, 15) is 0 Å². The summed E-state index contributed by atoms with van der Waals surface area (Å²) < 4.78 is 0. The SMILES string of the molecule is N#Cc1cnc(N)c(C#N)c1Nc1ccccc1. The average molecular weight is 235 g/mol. The molecule has 0 aliphatic heterocycles. The predicted molar refractivity (Wildman–Crippen MR) is 67.8 cm³/mol. The number of aromatic nitrogens is 1. The van der Waals surface area contributed by atoms with E-state index in [1.54, 1.807) is 0 Å². The molecule has 0 radical (unpaired) electrons. The molecule has 5 heteroatoms. The van der Waals surface area contributed by atoms with Crippen LogP contribution in [0.2, 0.25) is 0 Å². The van der Waals surface area contributed by atoms with Gasteiger partial charge in [0.2, 0.25) is 0 Å². The Balaban J connectivity index is 2.53. The number of anilines is 3. The molecule has 3 N–H and O–H groups in total. The first kappa shape index (κ1) is 11.4. The average Bonchev–Trinajstić information content (AvgIpc) is 2.40. The van der Waals surface area contributed by atoms with E-state index in [1.165, 1.54) is 6.20 Å². The monoisotopic (exact) mass is 235 g/mol. The molecule has 5 nitrogen and oxygen atoms in total. The second-order valence-corrected chi connectivity index (χ2v) is 3.52. The fraction of sp³-hybridized carbons (Fsp3) is 0. The van der Waals surface area contributed by atoms with Gasteiger partial charge in [-0.2, -0.15) is 10.5 Å². The van der Waals surface area contributed by atoms with Crippen molar-refractivity contribution in [2.45, 2.75) is 0 Å². The Morgan fingerprint density at radius 2 is 1.83 bits per heavy atom. The molecular weight excluding hydrogens is 226 g/mol. The zero-order chi connectivity index (χ0) is 13.0. The molecule has 0 aliphatic carbocycles. The van der Waals surface area contributed by atoms with Gasteiger partial charge in [0.25, 0.3) is 0 Å². The van der Waals surface area contributed by atoms with Crippen LogP contribution in [0.5, 0.6) is 0 Å². The standard InChI is InChI=1S/C13H9N5/c14-6-9-8-17-13(16)11(7-15)12(9)18-10-4-2-1-3-5-10/h1-5,8H,(H3,16,17,18). The third kappa shape index (κ3) is 2.06. The predicted octanol–water partition coefficient (Wildman–Crippen LogP) is 2.15. The lowest BCUT2D eigenvalue weighted by atomic mass is 10.1. The molecule has 86 valence electrons. The molecule has 2 rings (SSSR count). The maximum Gasteiger partial charge on any atom is 0.143 e. The van der Waals surface area contributed by atoms with Crippen LogP contribution in [0.15, 0.2) is 36.5 Å². The summed E-state index contributed by atoms with van der Waals surface area (Å²) in [5.74, 6) is 0.106. The van der Waals surface area contributed by atoms with E-state index in [4.69, 9.17) is 16.3 Å². The van der Waals surface area contributed by atoms with E-state index >= 15 is 0 Å². The van der Waals surface area contributed by atoms with Crippen LogP contribution in [0.25, 0.3) is 0 Å². The number of hydrogen-bond acceptors (Lipinski definition) is 5. The first-order chi connectivity index (χ1) is 8.76. The minimum atomic E-state index is 0.106. The van der Waals surface area contributed by atoms with E-state index in [-0.39, 0.29) is 16.9 Å². The molecule has 0 spiro atoms. The summed E-state index contributed by atoms with van der Waals surface area (Å²) in [6.07, 6.45) is 1.35. The molecule has 0 bridgehead atoms. The van der Waals surface area contributed by atoms with E-state index < -0.39 is 0 Å². The third-order valence-electron chi connectivity index (χ3n) is 2.38. The first-order valence-corrected chi connectivity index (χ1v) is 5.17. The van der Waals surface area contributed by atoms with Gasteiger partial charge in [-0.1, -0.05) is 18.2 Å². The molecule has 0 atom stereocenters. The highest BCUT2D eigenvalue weighted by molar-refractivity contribution is 5.76.